The number of benzene rings is 2. The fourth-order valence-electron chi connectivity index (χ4n) is 2.28. The second-order valence-electron chi connectivity index (χ2n) is 5.67. The van der Waals surface area contributed by atoms with E-state index in [0.29, 0.717) is 11.5 Å². The SMILES string of the molecule is C=CC(=O)N(C)c1ccc(Sn2nc(Nc3ccc(C#N)cc3)nc2N)cc1. The first-order valence-corrected chi connectivity index (χ1v) is 8.96. The number of nitriles is 1. The van der Waals surface area contributed by atoms with E-state index < -0.39 is 0 Å². The molecule has 0 bridgehead atoms. The Kier molecular flexibility index (Phi) is 5.62. The molecule has 0 aliphatic rings. The molecular formula is C19H17N7OS. The average molecular weight is 391 g/mol. The van der Waals surface area contributed by atoms with Crippen molar-refractivity contribution in [3.63, 3.8) is 0 Å². The third kappa shape index (κ3) is 4.31. The molecule has 1 aromatic heterocycles. The summed E-state index contributed by atoms with van der Waals surface area (Å²) in [5, 5.41) is 16.2. The summed E-state index contributed by atoms with van der Waals surface area (Å²) in [5.74, 6) is 0.409. The molecule has 1 heterocycles. The highest BCUT2D eigenvalue weighted by atomic mass is 32.2. The number of likely N-dealkylation sites (N-methyl/N-ethyl adjacent to an activating group) is 1. The summed E-state index contributed by atoms with van der Waals surface area (Å²) in [6, 6.07) is 16.4. The Morgan fingerprint density at radius 1 is 1.29 bits per heavy atom. The zero-order chi connectivity index (χ0) is 20.1. The average Bonchev–Trinajstić information content (AvgIpc) is 3.06. The predicted molar refractivity (Wildman–Crippen MR) is 110 cm³/mol. The van der Waals surface area contributed by atoms with Crippen LogP contribution in [-0.4, -0.2) is 27.1 Å². The van der Waals surface area contributed by atoms with Gasteiger partial charge in [0.2, 0.25) is 17.8 Å². The molecule has 0 unspecified atom stereocenters. The summed E-state index contributed by atoms with van der Waals surface area (Å²) in [6.45, 7) is 3.48. The number of nitrogens with two attached hydrogens (primary N) is 1. The molecule has 0 fully saturated rings. The summed E-state index contributed by atoms with van der Waals surface area (Å²) >= 11 is 1.30. The maximum absolute atomic E-state index is 11.7. The largest absolute Gasteiger partial charge is 0.367 e. The number of aromatic nitrogens is 3. The Labute approximate surface area is 166 Å². The molecule has 0 saturated heterocycles. The first kappa shape index (κ1) is 19.0. The fourth-order valence-corrected chi connectivity index (χ4v) is 2.99. The molecule has 9 heteroatoms. The van der Waals surface area contributed by atoms with Crippen molar-refractivity contribution in [3.8, 4) is 6.07 Å². The molecule has 3 rings (SSSR count). The topological polar surface area (TPSA) is 113 Å². The highest BCUT2D eigenvalue weighted by Gasteiger charge is 2.11. The molecule has 0 aliphatic heterocycles. The van der Waals surface area contributed by atoms with Gasteiger partial charge in [-0.05, 0) is 54.6 Å². The monoisotopic (exact) mass is 391 g/mol. The number of nitrogens with zero attached hydrogens (tertiary/aromatic N) is 5. The van der Waals surface area contributed by atoms with E-state index in [1.165, 1.54) is 27.0 Å². The van der Waals surface area contributed by atoms with Gasteiger partial charge in [-0.25, -0.2) is 0 Å². The smallest absolute Gasteiger partial charge is 0.250 e. The number of nitrogens with one attached hydrogen (secondary N) is 1. The Morgan fingerprint density at radius 2 is 1.96 bits per heavy atom. The molecule has 28 heavy (non-hydrogen) atoms. The summed E-state index contributed by atoms with van der Waals surface area (Å²) < 4.78 is 1.50. The summed E-state index contributed by atoms with van der Waals surface area (Å²) in [4.78, 5) is 18.2. The number of hydrogen-bond acceptors (Lipinski definition) is 7. The van der Waals surface area contributed by atoms with Crippen molar-refractivity contribution in [2.45, 2.75) is 4.90 Å². The van der Waals surface area contributed by atoms with Gasteiger partial charge in [0.25, 0.3) is 0 Å². The standard InChI is InChI=1S/C19H17N7OS/c1-3-17(27)25(2)15-8-10-16(11-9-15)28-26-18(21)23-19(24-26)22-14-6-4-13(12-20)5-7-14/h3-11H,1H2,2H3,(H3,21,22,23,24). The van der Waals surface area contributed by atoms with E-state index in [-0.39, 0.29) is 11.9 Å². The molecule has 0 aliphatic carbocycles. The van der Waals surface area contributed by atoms with Crippen LogP contribution in [-0.2, 0) is 4.79 Å². The number of nitrogen functional groups attached to an aromatic ring is 1. The van der Waals surface area contributed by atoms with E-state index in [0.717, 1.165) is 16.3 Å². The second kappa shape index (κ2) is 8.28. The van der Waals surface area contributed by atoms with Crippen molar-refractivity contribution in [2.75, 3.05) is 23.0 Å². The molecule has 1 amide bonds. The first-order chi connectivity index (χ1) is 13.5. The zero-order valence-electron chi connectivity index (χ0n) is 15.0. The fraction of sp³-hybridized carbons (Fsp3) is 0.0526. The minimum Gasteiger partial charge on any atom is -0.367 e. The van der Waals surface area contributed by atoms with Crippen LogP contribution in [0.5, 0.6) is 0 Å². The number of anilines is 4. The lowest BCUT2D eigenvalue weighted by Gasteiger charge is -2.15. The molecular weight excluding hydrogens is 374 g/mol. The van der Waals surface area contributed by atoms with Gasteiger partial charge in [-0.3, -0.25) is 4.79 Å². The molecule has 2 aromatic carbocycles. The first-order valence-electron chi connectivity index (χ1n) is 8.18. The van der Waals surface area contributed by atoms with E-state index in [1.807, 2.05) is 24.3 Å². The zero-order valence-corrected chi connectivity index (χ0v) is 15.8. The van der Waals surface area contributed by atoms with Crippen molar-refractivity contribution >= 4 is 41.1 Å². The van der Waals surface area contributed by atoms with Gasteiger partial charge in [0.05, 0.1) is 11.6 Å². The number of hydrogen-bond donors (Lipinski definition) is 2. The Morgan fingerprint density at radius 3 is 2.57 bits per heavy atom. The van der Waals surface area contributed by atoms with Crippen molar-refractivity contribution in [2.24, 2.45) is 0 Å². The van der Waals surface area contributed by atoms with Crippen LogP contribution in [0.3, 0.4) is 0 Å². The molecule has 3 aromatic rings. The van der Waals surface area contributed by atoms with Gasteiger partial charge in [0, 0.05) is 35.3 Å². The van der Waals surface area contributed by atoms with Crippen LogP contribution in [0.2, 0.25) is 0 Å². The number of carbonyl (C=O) groups is 1. The second-order valence-corrected chi connectivity index (χ2v) is 6.67. The lowest BCUT2D eigenvalue weighted by atomic mass is 10.2. The maximum atomic E-state index is 11.7. The van der Waals surface area contributed by atoms with Gasteiger partial charge < -0.3 is 16.0 Å². The van der Waals surface area contributed by atoms with Crippen LogP contribution in [0.25, 0.3) is 0 Å². The van der Waals surface area contributed by atoms with Crippen molar-refractivity contribution < 1.29 is 4.79 Å². The summed E-state index contributed by atoms with van der Waals surface area (Å²) in [6.07, 6.45) is 1.27. The predicted octanol–water partition coefficient (Wildman–Crippen LogP) is 3.18. The normalized spacial score (nSPS) is 10.1. The van der Waals surface area contributed by atoms with Crippen LogP contribution < -0.4 is 16.0 Å². The van der Waals surface area contributed by atoms with Crippen molar-refractivity contribution in [1.82, 2.24) is 14.2 Å². The van der Waals surface area contributed by atoms with Crippen LogP contribution in [0.1, 0.15) is 5.56 Å². The number of rotatable bonds is 6. The lowest BCUT2D eigenvalue weighted by molar-refractivity contribution is -0.113. The third-order valence-electron chi connectivity index (χ3n) is 3.79. The van der Waals surface area contributed by atoms with E-state index >= 15 is 0 Å². The van der Waals surface area contributed by atoms with Crippen molar-refractivity contribution in [3.05, 3.63) is 66.7 Å². The molecule has 0 atom stereocenters. The molecule has 8 nitrogen and oxygen atoms in total. The van der Waals surface area contributed by atoms with Gasteiger partial charge >= 0.3 is 0 Å². The summed E-state index contributed by atoms with van der Waals surface area (Å²) in [5.41, 5.74) is 8.02. The molecule has 0 saturated carbocycles. The molecule has 0 radical (unpaired) electrons. The van der Waals surface area contributed by atoms with E-state index in [2.05, 4.69) is 28.0 Å². The highest BCUT2D eigenvalue weighted by molar-refractivity contribution is 7.97. The van der Waals surface area contributed by atoms with Gasteiger partial charge in [-0.15, -0.1) is 5.10 Å². The minimum absolute atomic E-state index is 0.181. The molecule has 140 valence electrons. The number of amides is 1. The third-order valence-corrected chi connectivity index (χ3v) is 4.72. The van der Waals surface area contributed by atoms with E-state index in [9.17, 15) is 4.79 Å². The Hall–Kier alpha value is -3.77. The maximum Gasteiger partial charge on any atom is 0.250 e. The Bertz CT molecular complexity index is 1040. The van der Waals surface area contributed by atoms with Gasteiger partial charge in [0.1, 0.15) is 0 Å². The van der Waals surface area contributed by atoms with Crippen LogP contribution >= 0.6 is 11.9 Å². The van der Waals surface area contributed by atoms with Gasteiger partial charge in [0.15, 0.2) is 0 Å². The van der Waals surface area contributed by atoms with Crippen LogP contribution in [0.15, 0.2) is 66.1 Å². The lowest BCUT2D eigenvalue weighted by Crippen LogP contribution is -2.23. The van der Waals surface area contributed by atoms with E-state index in [4.69, 9.17) is 11.0 Å². The van der Waals surface area contributed by atoms with Crippen LogP contribution in [0.4, 0.5) is 23.3 Å². The minimum atomic E-state index is -0.181. The van der Waals surface area contributed by atoms with E-state index in [1.54, 1.807) is 31.3 Å². The van der Waals surface area contributed by atoms with Gasteiger partial charge in [-0.2, -0.15) is 14.3 Å². The molecule has 0 spiro atoms. The van der Waals surface area contributed by atoms with Crippen LogP contribution in [0, 0.1) is 11.3 Å². The Balaban J connectivity index is 1.70. The van der Waals surface area contributed by atoms with Gasteiger partial charge in [-0.1, -0.05) is 6.58 Å². The summed E-state index contributed by atoms with van der Waals surface area (Å²) in [7, 11) is 1.68. The highest BCUT2D eigenvalue weighted by Crippen LogP contribution is 2.26. The quantitative estimate of drug-likeness (QED) is 0.620. The molecule has 3 N–H and O–H groups in total. The van der Waals surface area contributed by atoms with Crippen molar-refractivity contribution in [1.29, 1.82) is 5.26 Å². The number of carbonyl (C=O) groups excluding carboxylic acids is 1.